The standard InChI is InChI=1S/C37H46ClN3O7S/c1-35(2,3)48-34(44)41-18-5-8-31(42)28-12-9-25(28)21-40-22-36(15-4-7-24-19-26(38)10-13-29(24)36)23-47-32-14-11-27(20-30(32)40)49(45,46)39-33(43)37(41)16-6-17-37/h5,8,10-11,13-14,19-20,25,28,31,42H,4,6-7,9,12,15-18,21-23H2,1-3H3,(H,39,43)/b8-5+/t25-,28+,31-,36-/m0/s1. The maximum Gasteiger partial charge on any atom is 0.411 e. The number of aliphatic hydroxyl groups is 1. The third-order valence-corrected chi connectivity index (χ3v) is 12.8. The highest BCUT2D eigenvalue weighted by molar-refractivity contribution is 7.90. The minimum atomic E-state index is -4.34. The number of sulfonamides is 1. The molecular weight excluding hydrogens is 666 g/mol. The Morgan fingerprint density at radius 3 is 2.59 bits per heavy atom. The summed E-state index contributed by atoms with van der Waals surface area (Å²) in [5, 5.41) is 12.1. The molecular formula is C37H46ClN3O7S. The maximum absolute atomic E-state index is 14.0. The van der Waals surface area contributed by atoms with E-state index in [4.69, 9.17) is 21.1 Å². The van der Waals surface area contributed by atoms with Crippen LogP contribution in [0.15, 0.2) is 53.4 Å². The van der Waals surface area contributed by atoms with Crippen LogP contribution in [-0.2, 0) is 31.4 Å². The fraction of sp³-hybridized carbons (Fsp3) is 0.568. The van der Waals surface area contributed by atoms with Crippen molar-refractivity contribution in [2.24, 2.45) is 11.8 Å². The Balaban J connectivity index is 1.30. The van der Waals surface area contributed by atoms with Crippen LogP contribution in [-0.4, -0.2) is 73.9 Å². The van der Waals surface area contributed by atoms with E-state index >= 15 is 0 Å². The highest BCUT2D eigenvalue weighted by Gasteiger charge is 2.53. The van der Waals surface area contributed by atoms with Crippen LogP contribution in [0.3, 0.4) is 0 Å². The Morgan fingerprint density at radius 2 is 1.90 bits per heavy atom. The number of carbonyl (C=O) groups excluding carboxylic acids is 2. The minimum absolute atomic E-state index is 0.00885. The molecule has 2 amide bonds. The number of anilines is 1. The normalized spacial score (nSPS) is 29.7. The summed E-state index contributed by atoms with van der Waals surface area (Å²) in [4.78, 5) is 31.1. The van der Waals surface area contributed by atoms with Gasteiger partial charge in [-0.1, -0.05) is 29.8 Å². The predicted molar refractivity (Wildman–Crippen MR) is 186 cm³/mol. The minimum Gasteiger partial charge on any atom is -0.490 e. The fourth-order valence-corrected chi connectivity index (χ4v) is 9.67. The highest BCUT2D eigenvalue weighted by atomic mass is 35.5. The zero-order chi connectivity index (χ0) is 34.8. The molecule has 10 nitrogen and oxygen atoms in total. The van der Waals surface area contributed by atoms with Gasteiger partial charge < -0.3 is 19.5 Å². The van der Waals surface area contributed by atoms with Gasteiger partial charge in [0.2, 0.25) is 0 Å². The van der Waals surface area contributed by atoms with E-state index in [9.17, 15) is 23.1 Å². The third kappa shape index (κ3) is 6.31. The summed E-state index contributed by atoms with van der Waals surface area (Å²) in [6.07, 6.45) is 7.75. The number of nitrogens with one attached hydrogen (secondary N) is 1. The first kappa shape index (κ1) is 34.2. The molecule has 12 heteroatoms. The maximum atomic E-state index is 14.0. The zero-order valence-corrected chi connectivity index (χ0v) is 30.0. The van der Waals surface area contributed by atoms with Gasteiger partial charge in [-0.3, -0.25) is 9.69 Å². The van der Waals surface area contributed by atoms with Gasteiger partial charge in [0.15, 0.2) is 0 Å². The molecule has 0 aromatic heterocycles. The number of aliphatic hydroxyl groups excluding tert-OH is 1. The van der Waals surface area contributed by atoms with Crippen molar-refractivity contribution in [3.05, 3.63) is 64.7 Å². The lowest BCUT2D eigenvalue weighted by atomic mass is 9.68. The number of carbonyl (C=O) groups is 2. The molecule has 3 aliphatic carbocycles. The molecule has 2 N–H and O–H groups in total. The second kappa shape index (κ2) is 12.5. The smallest absolute Gasteiger partial charge is 0.411 e. The number of amides is 2. The van der Waals surface area contributed by atoms with Crippen LogP contribution < -0.4 is 14.4 Å². The van der Waals surface area contributed by atoms with E-state index in [1.165, 1.54) is 22.1 Å². The summed E-state index contributed by atoms with van der Waals surface area (Å²) in [5.74, 6) is -0.0758. The van der Waals surface area contributed by atoms with Crippen LogP contribution in [0.2, 0.25) is 5.02 Å². The molecule has 264 valence electrons. The molecule has 2 saturated carbocycles. The number of rotatable bonds is 0. The topological polar surface area (TPSA) is 125 Å². The molecule has 2 aromatic carbocycles. The predicted octanol–water partition coefficient (Wildman–Crippen LogP) is 5.73. The molecule has 7 rings (SSSR count). The van der Waals surface area contributed by atoms with Crippen molar-refractivity contribution < 1.29 is 32.6 Å². The number of aryl methyl sites for hydroxylation is 1. The molecule has 0 radical (unpaired) electrons. The number of benzene rings is 2. The number of hydrogen-bond acceptors (Lipinski definition) is 8. The number of halogens is 1. The van der Waals surface area contributed by atoms with Gasteiger partial charge in [-0.05, 0) is 125 Å². The van der Waals surface area contributed by atoms with Crippen molar-refractivity contribution in [2.75, 3.05) is 31.1 Å². The van der Waals surface area contributed by atoms with Gasteiger partial charge in [-0.15, -0.1) is 0 Å². The average molecular weight is 712 g/mol. The van der Waals surface area contributed by atoms with Gasteiger partial charge in [0.25, 0.3) is 15.9 Å². The average Bonchev–Trinajstić information content (AvgIpc) is 3.13. The van der Waals surface area contributed by atoms with E-state index in [0.717, 1.165) is 32.1 Å². The van der Waals surface area contributed by atoms with E-state index in [1.54, 1.807) is 45.1 Å². The highest BCUT2D eigenvalue weighted by Crippen LogP contribution is 2.47. The van der Waals surface area contributed by atoms with Crippen LogP contribution in [0.1, 0.15) is 76.8 Å². The molecule has 4 atom stereocenters. The van der Waals surface area contributed by atoms with Crippen LogP contribution in [0.25, 0.3) is 0 Å². The Kier molecular flexibility index (Phi) is 8.71. The molecule has 5 aliphatic rings. The van der Waals surface area contributed by atoms with Gasteiger partial charge in [-0.25, -0.2) is 17.9 Å². The Morgan fingerprint density at radius 1 is 1.10 bits per heavy atom. The molecule has 0 saturated heterocycles. The molecule has 2 spiro atoms. The summed E-state index contributed by atoms with van der Waals surface area (Å²) >= 11 is 6.41. The summed E-state index contributed by atoms with van der Waals surface area (Å²) < 4.78 is 42.5. The van der Waals surface area contributed by atoms with Crippen molar-refractivity contribution in [3.63, 3.8) is 0 Å². The van der Waals surface area contributed by atoms with Crippen LogP contribution >= 0.6 is 11.6 Å². The van der Waals surface area contributed by atoms with Crippen molar-refractivity contribution >= 4 is 39.3 Å². The number of fused-ring (bicyclic) bond motifs is 4. The largest absolute Gasteiger partial charge is 0.490 e. The second-order valence-corrected chi connectivity index (χ2v) is 17.7. The lowest BCUT2D eigenvalue weighted by Crippen LogP contribution is -2.65. The van der Waals surface area contributed by atoms with Gasteiger partial charge in [0, 0.05) is 30.1 Å². The SMILES string of the molecule is CC(C)(C)OC(=O)N1C/C=C/[C@H](O)[C@@H]2CC[C@H]2CN2C[C@@]3(CCCc4cc(Cl)ccc43)COc3ccc(cc32)S(=O)(=O)NC(=O)C12CCC2. The first-order chi connectivity index (χ1) is 23.2. The molecule has 2 aliphatic heterocycles. The first-order valence-electron chi connectivity index (χ1n) is 17.4. The van der Waals surface area contributed by atoms with Crippen molar-refractivity contribution in [2.45, 2.75) is 99.7 Å². The van der Waals surface area contributed by atoms with Gasteiger partial charge in [0.1, 0.15) is 16.9 Å². The van der Waals surface area contributed by atoms with Gasteiger partial charge >= 0.3 is 6.09 Å². The van der Waals surface area contributed by atoms with Crippen molar-refractivity contribution in [1.82, 2.24) is 9.62 Å². The molecule has 0 unspecified atom stereocenters. The van der Waals surface area contributed by atoms with Gasteiger partial charge in [-0.2, -0.15) is 0 Å². The number of hydrogen-bond donors (Lipinski definition) is 2. The molecule has 2 heterocycles. The van der Waals surface area contributed by atoms with Crippen LogP contribution in [0.5, 0.6) is 5.75 Å². The Hall–Kier alpha value is -3.28. The van der Waals surface area contributed by atoms with E-state index < -0.39 is 39.3 Å². The Bertz CT molecular complexity index is 1790. The molecule has 2 fully saturated rings. The lowest BCUT2D eigenvalue weighted by molar-refractivity contribution is -0.137. The quantitative estimate of drug-likeness (QED) is 0.332. The summed E-state index contributed by atoms with van der Waals surface area (Å²) in [7, 11) is -4.34. The van der Waals surface area contributed by atoms with Crippen molar-refractivity contribution in [1.29, 1.82) is 0 Å². The number of nitrogens with zero attached hydrogens (tertiary/aromatic N) is 2. The van der Waals surface area contributed by atoms with E-state index in [1.807, 2.05) is 12.1 Å². The van der Waals surface area contributed by atoms with Gasteiger partial charge in [0.05, 0.1) is 23.3 Å². The monoisotopic (exact) mass is 711 g/mol. The molecule has 2 bridgehead atoms. The first-order valence-corrected chi connectivity index (χ1v) is 19.3. The van der Waals surface area contributed by atoms with Crippen LogP contribution in [0.4, 0.5) is 10.5 Å². The van der Waals surface area contributed by atoms with E-state index in [2.05, 4.69) is 15.7 Å². The van der Waals surface area contributed by atoms with E-state index in [0.29, 0.717) is 42.6 Å². The summed E-state index contributed by atoms with van der Waals surface area (Å²) in [6, 6.07) is 10.8. The third-order valence-electron chi connectivity index (χ3n) is 11.3. The zero-order valence-electron chi connectivity index (χ0n) is 28.4. The van der Waals surface area contributed by atoms with E-state index in [-0.39, 0.29) is 41.5 Å². The lowest BCUT2D eigenvalue weighted by Gasteiger charge is -2.48. The Labute approximate surface area is 293 Å². The second-order valence-electron chi connectivity index (χ2n) is 15.6. The number of ether oxygens (including phenoxy) is 2. The fourth-order valence-electron chi connectivity index (χ4n) is 8.41. The molecule has 2 aromatic rings. The van der Waals surface area contributed by atoms with Crippen molar-refractivity contribution in [3.8, 4) is 5.75 Å². The summed E-state index contributed by atoms with van der Waals surface area (Å²) in [6.45, 7) is 6.84. The van der Waals surface area contributed by atoms with Crippen LogP contribution in [0, 0.1) is 11.8 Å². The molecule has 49 heavy (non-hydrogen) atoms. The summed E-state index contributed by atoms with van der Waals surface area (Å²) in [5.41, 5.74) is 0.474.